The number of ether oxygens (including phenoxy) is 1. The third-order valence-electron chi connectivity index (χ3n) is 4.22. The molecule has 1 N–H and O–H groups in total. The van der Waals surface area contributed by atoms with Crippen LogP contribution in [0.15, 0.2) is 12.4 Å². The minimum atomic E-state index is 0.323. The van der Waals surface area contributed by atoms with Gasteiger partial charge in [0.15, 0.2) is 0 Å². The quantitative estimate of drug-likeness (QED) is 0.729. The maximum atomic E-state index is 5.06. The molecular formula is C14H26N4O. The fraction of sp³-hybridized carbons (Fsp3) is 0.786. The Morgan fingerprint density at radius 2 is 2.26 bits per heavy atom. The van der Waals surface area contributed by atoms with Crippen LogP contribution in [-0.2, 0) is 11.3 Å². The molecule has 1 fully saturated rings. The van der Waals surface area contributed by atoms with Crippen LogP contribution in [0.4, 0.5) is 5.95 Å². The number of aromatic nitrogens is 2. The summed E-state index contributed by atoms with van der Waals surface area (Å²) in [6, 6.07) is 0. The lowest BCUT2D eigenvalue weighted by molar-refractivity contribution is 0.0429. The molecule has 0 amide bonds. The average Bonchev–Trinajstić information content (AvgIpc) is 2.76. The van der Waals surface area contributed by atoms with Gasteiger partial charge >= 0.3 is 0 Å². The van der Waals surface area contributed by atoms with Crippen LogP contribution >= 0.6 is 0 Å². The van der Waals surface area contributed by atoms with Crippen LogP contribution in [-0.4, -0.2) is 54.3 Å². The summed E-state index contributed by atoms with van der Waals surface area (Å²) in [5.74, 6) is 0.976. The van der Waals surface area contributed by atoms with Crippen LogP contribution in [0.25, 0.3) is 0 Å². The van der Waals surface area contributed by atoms with Gasteiger partial charge in [-0.2, -0.15) is 0 Å². The van der Waals surface area contributed by atoms with Crippen LogP contribution in [0, 0.1) is 0 Å². The molecule has 1 aliphatic carbocycles. The minimum Gasteiger partial charge on any atom is -0.385 e. The van der Waals surface area contributed by atoms with Crippen molar-refractivity contribution in [1.82, 2.24) is 14.5 Å². The molecule has 0 atom stereocenters. The van der Waals surface area contributed by atoms with E-state index in [9.17, 15) is 0 Å². The first kappa shape index (κ1) is 14.3. The second kappa shape index (κ2) is 6.39. The van der Waals surface area contributed by atoms with Crippen molar-refractivity contribution < 1.29 is 4.74 Å². The molecule has 108 valence electrons. The predicted molar refractivity (Wildman–Crippen MR) is 77.5 cm³/mol. The number of likely N-dealkylation sites (N-methyl/N-ethyl adjacent to an activating group) is 1. The van der Waals surface area contributed by atoms with Crippen LogP contribution in [0.5, 0.6) is 0 Å². The summed E-state index contributed by atoms with van der Waals surface area (Å²) >= 11 is 0. The Hall–Kier alpha value is -1.07. The largest absolute Gasteiger partial charge is 0.385 e. The standard InChI is InChI=1S/C14H26N4O/c1-17(2)14(6-4-7-14)12-18-10-9-16-13(18)15-8-5-11-19-3/h9-10H,4-8,11-12H2,1-3H3,(H,15,16). The van der Waals surface area contributed by atoms with E-state index in [1.807, 2.05) is 6.20 Å². The van der Waals surface area contributed by atoms with Gasteiger partial charge in [0.1, 0.15) is 0 Å². The van der Waals surface area contributed by atoms with E-state index in [0.717, 1.165) is 32.1 Å². The zero-order valence-corrected chi connectivity index (χ0v) is 12.4. The molecule has 1 heterocycles. The lowest BCUT2D eigenvalue weighted by atomic mass is 9.75. The third kappa shape index (κ3) is 3.28. The molecule has 1 aromatic rings. The van der Waals surface area contributed by atoms with Crippen molar-refractivity contribution in [2.75, 3.05) is 39.7 Å². The molecule has 19 heavy (non-hydrogen) atoms. The summed E-state index contributed by atoms with van der Waals surface area (Å²) in [6.45, 7) is 2.71. The number of hydrogen-bond acceptors (Lipinski definition) is 4. The molecular weight excluding hydrogens is 240 g/mol. The van der Waals surface area contributed by atoms with E-state index < -0.39 is 0 Å². The second-order valence-electron chi connectivity index (χ2n) is 5.62. The Morgan fingerprint density at radius 3 is 2.84 bits per heavy atom. The predicted octanol–water partition coefficient (Wildman–Crippen LogP) is 1.82. The second-order valence-corrected chi connectivity index (χ2v) is 5.62. The summed E-state index contributed by atoms with van der Waals surface area (Å²) in [5, 5.41) is 3.39. The average molecular weight is 266 g/mol. The van der Waals surface area contributed by atoms with E-state index in [-0.39, 0.29) is 0 Å². The van der Waals surface area contributed by atoms with Gasteiger partial charge in [-0.25, -0.2) is 4.98 Å². The fourth-order valence-electron chi connectivity index (χ4n) is 2.67. The summed E-state index contributed by atoms with van der Waals surface area (Å²) in [5.41, 5.74) is 0.323. The molecule has 1 aliphatic rings. The molecule has 5 heteroatoms. The zero-order chi connectivity index (χ0) is 13.7. The number of anilines is 1. The van der Waals surface area contributed by atoms with Crippen molar-refractivity contribution in [3.8, 4) is 0 Å². The minimum absolute atomic E-state index is 0.323. The van der Waals surface area contributed by atoms with E-state index in [2.05, 4.69) is 40.1 Å². The van der Waals surface area contributed by atoms with Crippen molar-refractivity contribution in [2.45, 2.75) is 37.8 Å². The molecule has 0 saturated heterocycles. The van der Waals surface area contributed by atoms with Crippen molar-refractivity contribution in [3.05, 3.63) is 12.4 Å². The van der Waals surface area contributed by atoms with Crippen molar-refractivity contribution in [2.24, 2.45) is 0 Å². The first-order chi connectivity index (χ1) is 9.18. The van der Waals surface area contributed by atoms with Crippen molar-refractivity contribution >= 4 is 5.95 Å². The molecule has 0 bridgehead atoms. The normalized spacial score (nSPS) is 17.5. The molecule has 0 aliphatic heterocycles. The molecule has 2 rings (SSSR count). The molecule has 0 radical (unpaired) electrons. The van der Waals surface area contributed by atoms with Gasteiger partial charge in [0.25, 0.3) is 0 Å². The van der Waals surface area contributed by atoms with Gasteiger partial charge < -0.3 is 19.5 Å². The third-order valence-corrected chi connectivity index (χ3v) is 4.22. The maximum Gasteiger partial charge on any atom is 0.202 e. The van der Waals surface area contributed by atoms with Crippen molar-refractivity contribution in [1.29, 1.82) is 0 Å². The molecule has 1 saturated carbocycles. The summed E-state index contributed by atoms with van der Waals surface area (Å²) in [4.78, 5) is 6.77. The van der Waals surface area contributed by atoms with E-state index in [0.29, 0.717) is 5.54 Å². The number of nitrogens with zero attached hydrogens (tertiary/aromatic N) is 3. The summed E-state index contributed by atoms with van der Waals surface area (Å²) < 4.78 is 7.30. The highest BCUT2D eigenvalue weighted by Crippen LogP contribution is 2.38. The van der Waals surface area contributed by atoms with E-state index in [1.165, 1.54) is 19.3 Å². The Bertz CT molecular complexity index is 385. The lowest BCUT2D eigenvalue weighted by Crippen LogP contribution is -2.53. The number of methoxy groups -OCH3 is 1. The molecule has 0 unspecified atom stereocenters. The molecule has 1 aromatic heterocycles. The molecule has 0 aromatic carbocycles. The Morgan fingerprint density at radius 1 is 1.47 bits per heavy atom. The Balaban J connectivity index is 1.92. The van der Waals surface area contributed by atoms with E-state index in [1.54, 1.807) is 7.11 Å². The first-order valence-electron chi connectivity index (χ1n) is 7.09. The SMILES string of the molecule is COCCCNc1nccn1CC1(N(C)C)CCC1. The smallest absolute Gasteiger partial charge is 0.202 e. The Labute approximate surface area is 116 Å². The van der Waals surface area contributed by atoms with Gasteiger partial charge in [0, 0.05) is 44.7 Å². The van der Waals surface area contributed by atoms with Gasteiger partial charge in [-0.3, -0.25) is 0 Å². The number of hydrogen-bond donors (Lipinski definition) is 1. The highest BCUT2D eigenvalue weighted by Gasteiger charge is 2.39. The van der Waals surface area contributed by atoms with Crippen LogP contribution in [0.2, 0.25) is 0 Å². The number of rotatable bonds is 8. The zero-order valence-electron chi connectivity index (χ0n) is 12.4. The summed E-state index contributed by atoms with van der Waals surface area (Å²) in [7, 11) is 6.10. The van der Waals surface area contributed by atoms with E-state index in [4.69, 9.17) is 4.74 Å². The maximum absolute atomic E-state index is 5.06. The number of nitrogens with one attached hydrogen (secondary N) is 1. The van der Waals surface area contributed by atoms with Crippen molar-refractivity contribution in [3.63, 3.8) is 0 Å². The molecule has 0 spiro atoms. The van der Waals surface area contributed by atoms with Gasteiger partial charge in [0.05, 0.1) is 0 Å². The number of imidazole rings is 1. The van der Waals surface area contributed by atoms with Gasteiger partial charge in [0.2, 0.25) is 5.95 Å². The molecule has 5 nitrogen and oxygen atoms in total. The fourth-order valence-corrected chi connectivity index (χ4v) is 2.67. The first-order valence-corrected chi connectivity index (χ1v) is 7.09. The van der Waals surface area contributed by atoms with Gasteiger partial charge in [-0.1, -0.05) is 0 Å². The lowest BCUT2D eigenvalue weighted by Gasteiger charge is -2.47. The van der Waals surface area contributed by atoms with Gasteiger partial charge in [-0.15, -0.1) is 0 Å². The highest BCUT2D eigenvalue weighted by molar-refractivity contribution is 5.26. The van der Waals surface area contributed by atoms with Crippen LogP contribution < -0.4 is 5.32 Å². The van der Waals surface area contributed by atoms with Crippen LogP contribution in [0.3, 0.4) is 0 Å². The van der Waals surface area contributed by atoms with Crippen LogP contribution in [0.1, 0.15) is 25.7 Å². The monoisotopic (exact) mass is 266 g/mol. The van der Waals surface area contributed by atoms with Gasteiger partial charge in [-0.05, 0) is 39.8 Å². The highest BCUT2D eigenvalue weighted by atomic mass is 16.5. The Kier molecular flexibility index (Phi) is 4.82. The topological polar surface area (TPSA) is 42.3 Å². The van der Waals surface area contributed by atoms with E-state index >= 15 is 0 Å². The summed E-state index contributed by atoms with van der Waals surface area (Å²) in [6.07, 6.45) is 8.84.